The molecule has 1 amide bonds. The number of piperazine rings is 1. The number of carboxylic acid groups (broad SMARTS) is 1. The highest BCUT2D eigenvalue weighted by atomic mass is 32.2. The highest BCUT2D eigenvalue weighted by Gasteiger charge is 2.56. The summed E-state index contributed by atoms with van der Waals surface area (Å²) in [6.45, 7) is 2.67. The number of hydrogen-bond acceptors (Lipinski definition) is 6. The number of carbonyl (C=O) groups is 2. The Balaban J connectivity index is 1.41. The molecule has 1 saturated carbocycles. The quantitative estimate of drug-likeness (QED) is 0.719. The number of rotatable bonds is 5. The molecule has 3 fully saturated rings. The van der Waals surface area contributed by atoms with Gasteiger partial charge in [0.25, 0.3) is 0 Å². The molecule has 2 aliphatic heterocycles. The Morgan fingerprint density at radius 1 is 1.06 bits per heavy atom. The van der Waals surface area contributed by atoms with Crippen LogP contribution < -0.4 is 4.90 Å². The lowest BCUT2D eigenvalue weighted by Gasteiger charge is -2.37. The van der Waals surface area contributed by atoms with Crippen LogP contribution in [0.1, 0.15) is 12.8 Å². The third kappa shape index (κ3) is 4.23. The highest BCUT2D eigenvalue weighted by molar-refractivity contribution is 7.89. The minimum atomic E-state index is -3.72. The lowest BCUT2D eigenvalue weighted by atomic mass is 9.87. The number of anilines is 1. The molecule has 1 N–H and O–H groups in total. The molecule has 0 radical (unpaired) electrons. The summed E-state index contributed by atoms with van der Waals surface area (Å²) in [5, 5.41) is 10.00. The van der Waals surface area contributed by atoms with Crippen LogP contribution in [0.15, 0.2) is 30.3 Å². The minimum Gasteiger partial charge on any atom is -0.481 e. The number of carboxylic acids is 1. The van der Waals surface area contributed by atoms with Gasteiger partial charge in [-0.25, -0.2) is 13.2 Å². The molecule has 170 valence electrons. The minimum absolute atomic E-state index is 0.0136. The summed E-state index contributed by atoms with van der Waals surface area (Å²) in [5.41, 5.74) is -0.243. The number of fused-ring (bicyclic) bond motifs is 1. The maximum atomic E-state index is 13.2. The van der Waals surface area contributed by atoms with Crippen molar-refractivity contribution >= 4 is 27.8 Å². The molecule has 2 atom stereocenters. The van der Waals surface area contributed by atoms with Gasteiger partial charge < -0.3 is 19.6 Å². The van der Waals surface area contributed by atoms with Crippen LogP contribution in [-0.4, -0.2) is 86.9 Å². The molecule has 1 aromatic rings. The summed E-state index contributed by atoms with van der Waals surface area (Å²) in [6.07, 6.45) is 0.118. The van der Waals surface area contributed by atoms with Gasteiger partial charge in [0.1, 0.15) is 0 Å². The Hall–Kier alpha value is -2.33. The normalized spacial score (nSPS) is 26.0. The summed E-state index contributed by atoms with van der Waals surface area (Å²) >= 11 is 0. The predicted molar refractivity (Wildman–Crippen MR) is 114 cm³/mol. The summed E-state index contributed by atoms with van der Waals surface area (Å²) < 4.78 is 32.6. The van der Waals surface area contributed by atoms with Gasteiger partial charge in [0.15, 0.2) is 0 Å². The maximum Gasteiger partial charge on any atom is 0.409 e. The van der Waals surface area contributed by atoms with Gasteiger partial charge in [-0.3, -0.25) is 4.79 Å². The highest BCUT2D eigenvalue weighted by Crippen LogP contribution is 2.50. The SMILES string of the molecule is COC(=O)N1C[C@H]2CC(CS(=O)(=O)N3CCN(c4ccccc4)CC3)(C(=O)O)C[C@@H]2C1. The first-order valence-corrected chi connectivity index (χ1v) is 12.2. The van der Waals surface area contributed by atoms with Gasteiger partial charge in [-0.05, 0) is 36.8 Å². The molecular formula is C21H29N3O6S. The Labute approximate surface area is 182 Å². The molecule has 10 heteroatoms. The van der Waals surface area contributed by atoms with E-state index in [0.717, 1.165) is 5.69 Å². The Kier molecular flexibility index (Phi) is 5.87. The van der Waals surface area contributed by atoms with Crippen molar-refractivity contribution in [2.75, 3.05) is 57.0 Å². The molecule has 0 unspecified atom stereocenters. The first kappa shape index (κ1) is 21.9. The van der Waals surface area contributed by atoms with E-state index in [1.54, 1.807) is 4.90 Å². The van der Waals surface area contributed by atoms with Gasteiger partial charge in [-0.1, -0.05) is 18.2 Å². The molecule has 0 aromatic heterocycles. The Bertz CT molecular complexity index is 916. The van der Waals surface area contributed by atoms with Crippen molar-refractivity contribution in [2.45, 2.75) is 12.8 Å². The molecule has 0 spiro atoms. The lowest BCUT2D eigenvalue weighted by Crippen LogP contribution is -2.51. The molecule has 0 bridgehead atoms. The van der Waals surface area contributed by atoms with Crippen molar-refractivity contribution < 1.29 is 27.9 Å². The van der Waals surface area contributed by atoms with Crippen LogP contribution in [0, 0.1) is 17.3 Å². The molecule has 2 saturated heterocycles. The van der Waals surface area contributed by atoms with Crippen LogP contribution in [0.4, 0.5) is 10.5 Å². The van der Waals surface area contributed by atoms with E-state index in [0.29, 0.717) is 39.3 Å². The van der Waals surface area contributed by atoms with E-state index in [9.17, 15) is 23.1 Å². The molecule has 2 heterocycles. The predicted octanol–water partition coefficient (Wildman–Crippen LogP) is 1.32. The zero-order valence-corrected chi connectivity index (χ0v) is 18.5. The van der Waals surface area contributed by atoms with Crippen LogP contribution in [0.3, 0.4) is 0 Å². The molecular weight excluding hydrogens is 422 g/mol. The number of sulfonamides is 1. The van der Waals surface area contributed by atoms with Gasteiger partial charge in [0.05, 0.1) is 18.3 Å². The van der Waals surface area contributed by atoms with Gasteiger partial charge in [-0.15, -0.1) is 0 Å². The zero-order chi connectivity index (χ0) is 22.2. The van der Waals surface area contributed by atoms with Crippen LogP contribution >= 0.6 is 0 Å². The molecule has 4 rings (SSSR count). The van der Waals surface area contributed by atoms with Crippen molar-refractivity contribution in [2.24, 2.45) is 17.3 Å². The van der Waals surface area contributed by atoms with Crippen molar-refractivity contribution in [1.82, 2.24) is 9.21 Å². The van der Waals surface area contributed by atoms with E-state index < -0.39 is 27.5 Å². The van der Waals surface area contributed by atoms with Crippen LogP contribution in [0.2, 0.25) is 0 Å². The number of para-hydroxylation sites is 1. The van der Waals surface area contributed by atoms with Crippen molar-refractivity contribution in [1.29, 1.82) is 0 Å². The number of amides is 1. The fraction of sp³-hybridized carbons (Fsp3) is 0.619. The number of ether oxygens (including phenoxy) is 1. The average molecular weight is 452 g/mol. The number of carbonyl (C=O) groups excluding carboxylic acids is 1. The first-order valence-electron chi connectivity index (χ1n) is 10.6. The smallest absolute Gasteiger partial charge is 0.409 e. The third-order valence-corrected chi connectivity index (χ3v) is 9.05. The number of nitrogens with zero attached hydrogens (tertiary/aromatic N) is 3. The van der Waals surface area contributed by atoms with Gasteiger partial charge in [0.2, 0.25) is 10.0 Å². The van der Waals surface area contributed by atoms with Crippen LogP contribution in [0.5, 0.6) is 0 Å². The standard InChI is InChI=1S/C21H29N3O6S/c1-30-20(27)23-13-16-11-21(19(25)26,12-17(16)14-23)15-31(28,29)24-9-7-22(8-10-24)18-5-3-2-4-6-18/h2-6,16-17H,7-15H2,1H3,(H,25,26)/t16-,17-/m1/s1. The van der Waals surface area contributed by atoms with Gasteiger partial charge in [0, 0.05) is 45.0 Å². The first-order chi connectivity index (χ1) is 14.7. The Morgan fingerprint density at radius 3 is 2.16 bits per heavy atom. The van der Waals surface area contributed by atoms with E-state index in [-0.39, 0.29) is 30.4 Å². The van der Waals surface area contributed by atoms with E-state index in [4.69, 9.17) is 4.74 Å². The monoisotopic (exact) mass is 451 g/mol. The number of hydrogen-bond donors (Lipinski definition) is 1. The van der Waals surface area contributed by atoms with E-state index in [2.05, 4.69) is 4.90 Å². The number of aliphatic carboxylic acids is 1. The Morgan fingerprint density at radius 2 is 1.65 bits per heavy atom. The van der Waals surface area contributed by atoms with Crippen molar-refractivity contribution in [3.05, 3.63) is 30.3 Å². The molecule has 9 nitrogen and oxygen atoms in total. The number of benzene rings is 1. The summed E-state index contributed by atoms with van der Waals surface area (Å²) in [7, 11) is -2.40. The number of likely N-dealkylation sites (tertiary alicyclic amines) is 1. The van der Waals surface area contributed by atoms with E-state index in [1.165, 1.54) is 11.4 Å². The lowest BCUT2D eigenvalue weighted by molar-refractivity contribution is -0.147. The van der Waals surface area contributed by atoms with Gasteiger partial charge in [-0.2, -0.15) is 4.31 Å². The summed E-state index contributed by atoms with van der Waals surface area (Å²) in [4.78, 5) is 27.7. The van der Waals surface area contributed by atoms with E-state index in [1.807, 2.05) is 30.3 Å². The van der Waals surface area contributed by atoms with Crippen LogP contribution in [-0.2, 0) is 19.6 Å². The summed E-state index contributed by atoms with van der Waals surface area (Å²) in [6, 6.07) is 9.84. The van der Waals surface area contributed by atoms with Crippen LogP contribution in [0.25, 0.3) is 0 Å². The van der Waals surface area contributed by atoms with Crippen molar-refractivity contribution in [3.63, 3.8) is 0 Å². The maximum absolute atomic E-state index is 13.2. The molecule has 3 aliphatic rings. The average Bonchev–Trinajstić information content (AvgIpc) is 3.30. The second-order valence-electron chi connectivity index (χ2n) is 8.87. The molecule has 1 aromatic carbocycles. The molecule has 1 aliphatic carbocycles. The van der Waals surface area contributed by atoms with Gasteiger partial charge >= 0.3 is 12.1 Å². The topological polar surface area (TPSA) is 107 Å². The summed E-state index contributed by atoms with van der Waals surface area (Å²) in [5.74, 6) is -1.47. The van der Waals surface area contributed by atoms with Crippen molar-refractivity contribution in [3.8, 4) is 0 Å². The number of methoxy groups -OCH3 is 1. The third-order valence-electron chi connectivity index (χ3n) is 6.98. The fourth-order valence-electron chi connectivity index (χ4n) is 5.42. The zero-order valence-electron chi connectivity index (χ0n) is 17.6. The fourth-order valence-corrected chi connectivity index (χ4v) is 7.38. The second-order valence-corrected chi connectivity index (χ2v) is 10.8. The second kappa shape index (κ2) is 8.31. The largest absolute Gasteiger partial charge is 0.481 e. The molecule has 31 heavy (non-hydrogen) atoms. The van der Waals surface area contributed by atoms with E-state index >= 15 is 0 Å².